The molecule has 1 aromatic carbocycles. The van der Waals surface area contributed by atoms with E-state index >= 15 is 0 Å². The van der Waals surface area contributed by atoms with E-state index in [0.29, 0.717) is 37.4 Å². The van der Waals surface area contributed by atoms with E-state index in [1.807, 2.05) is 32.9 Å². The number of urea groups is 1. The molecular formula is C25H38N6O3. The van der Waals surface area contributed by atoms with E-state index < -0.39 is 6.03 Å². The number of piperidine rings is 1. The summed E-state index contributed by atoms with van der Waals surface area (Å²) in [5.41, 5.74) is 14.0. The smallest absolute Gasteiger partial charge is 0.314 e. The Morgan fingerprint density at radius 3 is 2.56 bits per heavy atom. The van der Waals surface area contributed by atoms with Crippen LogP contribution in [-0.4, -0.2) is 65.1 Å². The van der Waals surface area contributed by atoms with Gasteiger partial charge in [-0.2, -0.15) is 0 Å². The molecule has 0 aliphatic carbocycles. The maximum absolute atomic E-state index is 13.8. The van der Waals surface area contributed by atoms with Gasteiger partial charge in [0.1, 0.15) is 5.82 Å². The second-order valence-electron chi connectivity index (χ2n) is 8.82. The van der Waals surface area contributed by atoms with E-state index in [0.717, 1.165) is 24.0 Å². The number of primary amides is 1. The van der Waals surface area contributed by atoms with Crippen LogP contribution in [0, 0.1) is 12.8 Å². The third-order valence-electron chi connectivity index (χ3n) is 5.81. The van der Waals surface area contributed by atoms with E-state index in [1.54, 1.807) is 28.0 Å². The minimum Gasteiger partial charge on any atom is -0.396 e. The Hall–Kier alpha value is -3.33. The first-order valence-corrected chi connectivity index (χ1v) is 11.7. The number of nitrogens with zero attached hydrogens (tertiary/aromatic N) is 3. The second-order valence-corrected chi connectivity index (χ2v) is 8.82. The number of aryl methyl sites for hydroxylation is 1. The largest absolute Gasteiger partial charge is 0.396 e. The third kappa shape index (κ3) is 7.62. The first-order chi connectivity index (χ1) is 16.2. The molecule has 1 heterocycles. The maximum Gasteiger partial charge on any atom is 0.314 e. The summed E-state index contributed by atoms with van der Waals surface area (Å²) < 4.78 is 0. The average molecular weight is 471 g/mol. The number of carbonyl (C=O) groups excluding carboxylic acids is 2. The molecule has 0 spiro atoms. The summed E-state index contributed by atoms with van der Waals surface area (Å²) in [6.45, 7) is 11.1. The molecular weight excluding hydrogens is 432 g/mol. The van der Waals surface area contributed by atoms with Gasteiger partial charge in [0.05, 0.1) is 0 Å². The molecule has 6 N–H and O–H groups in total. The third-order valence-corrected chi connectivity index (χ3v) is 5.81. The summed E-state index contributed by atoms with van der Waals surface area (Å²) in [5.74, 6) is 0.646. The molecule has 1 aromatic rings. The fourth-order valence-corrected chi connectivity index (χ4v) is 3.99. The lowest BCUT2D eigenvalue weighted by Crippen LogP contribution is -2.47. The Balaban J connectivity index is 2.38. The molecule has 0 bridgehead atoms. The van der Waals surface area contributed by atoms with Crippen LogP contribution >= 0.6 is 0 Å². The van der Waals surface area contributed by atoms with Crippen molar-refractivity contribution in [3.8, 4) is 0 Å². The van der Waals surface area contributed by atoms with Gasteiger partial charge in [-0.3, -0.25) is 14.7 Å². The van der Waals surface area contributed by atoms with Gasteiger partial charge in [0.2, 0.25) is 0 Å². The number of allylic oxidation sites excluding steroid dienone is 2. The van der Waals surface area contributed by atoms with Crippen molar-refractivity contribution in [2.75, 3.05) is 26.2 Å². The number of carbonyl (C=O) groups is 2. The standard InChI is InChI=1S/C25H38N6O3/c1-5-6-22(29-24(26)28-17(2)3)31(16-19-9-12-30(13-10-19)25(27)34)23(33)21-8-7-18(4)20(15-21)11-14-32/h5-8,15,17,19,32H,1,9-14,16H2,2-4H3,(H2,27,34)(H3,26,28,29)/b22-6+. The molecule has 1 fully saturated rings. The fourth-order valence-electron chi connectivity index (χ4n) is 3.99. The van der Waals surface area contributed by atoms with Gasteiger partial charge >= 0.3 is 6.03 Å². The van der Waals surface area contributed by atoms with Crippen LogP contribution in [0.15, 0.2) is 47.7 Å². The first-order valence-electron chi connectivity index (χ1n) is 11.7. The molecule has 1 aliphatic heterocycles. The van der Waals surface area contributed by atoms with Crippen LogP contribution in [0.4, 0.5) is 4.79 Å². The summed E-state index contributed by atoms with van der Waals surface area (Å²) in [5, 5.41) is 12.5. The van der Waals surface area contributed by atoms with Gasteiger partial charge in [-0.05, 0) is 75.3 Å². The lowest BCUT2D eigenvalue weighted by atomic mass is 9.95. The van der Waals surface area contributed by atoms with E-state index in [4.69, 9.17) is 11.5 Å². The van der Waals surface area contributed by atoms with Crippen molar-refractivity contribution in [2.45, 2.75) is 46.1 Å². The molecule has 1 aliphatic rings. The van der Waals surface area contributed by atoms with E-state index in [1.165, 1.54) is 0 Å². The number of benzene rings is 1. The Morgan fingerprint density at radius 2 is 2.00 bits per heavy atom. The minimum atomic E-state index is -0.422. The van der Waals surface area contributed by atoms with Crippen molar-refractivity contribution in [1.82, 2.24) is 15.1 Å². The SMILES string of the molecule is C=C/C=C(\NC(N)=NC(C)C)N(CC1CCN(C(N)=O)CC1)C(=O)c1ccc(C)c(CCO)c1. The first kappa shape index (κ1) is 26.9. The average Bonchev–Trinajstić information content (AvgIpc) is 2.78. The number of hydrogen-bond acceptors (Lipinski definition) is 4. The molecule has 0 radical (unpaired) electrons. The number of nitrogens with one attached hydrogen (secondary N) is 1. The Bertz CT molecular complexity index is 933. The monoisotopic (exact) mass is 470 g/mol. The molecule has 0 atom stereocenters. The highest BCUT2D eigenvalue weighted by Gasteiger charge is 2.28. The predicted molar refractivity (Wildman–Crippen MR) is 135 cm³/mol. The van der Waals surface area contributed by atoms with E-state index in [9.17, 15) is 14.7 Å². The zero-order chi connectivity index (χ0) is 25.3. The number of nitrogens with two attached hydrogens (primary N) is 2. The van der Waals surface area contributed by atoms with Crippen molar-refractivity contribution in [1.29, 1.82) is 0 Å². The Morgan fingerprint density at radius 1 is 1.32 bits per heavy atom. The number of aliphatic imine (C=N–C) groups is 1. The Labute approximate surface area is 202 Å². The fraction of sp³-hybridized carbons (Fsp3) is 0.480. The van der Waals surface area contributed by atoms with Crippen LogP contribution in [0.1, 0.15) is 48.2 Å². The summed E-state index contributed by atoms with van der Waals surface area (Å²) in [6, 6.07) is 5.07. The van der Waals surface area contributed by atoms with Crippen molar-refractivity contribution in [2.24, 2.45) is 22.4 Å². The summed E-state index contributed by atoms with van der Waals surface area (Å²) in [7, 11) is 0. The number of aliphatic hydroxyl groups is 1. The normalized spacial score (nSPS) is 15.4. The van der Waals surface area contributed by atoms with Crippen LogP contribution < -0.4 is 16.8 Å². The molecule has 34 heavy (non-hydrogen) atoms. The lowest BCUT2D eigenvalue weighted by molar-refractivity contribution is 0.0753. The minimum absolute atomic E-state index is 0.00596. The van der Waals surface area contributed by atoms with Crippen LogP contribution in [-0.2, 0) is 6.42 Å². The number of amides is 3. The molecule has 9 nitrogen and oxygen atoms in total. The Kier molecular flexibility index (Phi) is 10.1. The van der Waals surface area contributed by atoms with Crippen LogP contribution in [0.25, 0.3) is 0 Å². The van der Waals surface area contributed by atoms with Gasteiger partial charge in [0.15, 0.2) is 5.96 Å². The molecule has 0 unspecified atom stereocenters. The van der Waals surface area contributed by atoms with Crippen molar-refractivity contribution < 1.29 is 14.7 Å². The van der Waals surface area contributed by atoms with Gasteiger partial charge in [-0.1, -0.05) is 18.7 Å². The zero-order valence-corrected chi connectivity index (χ0v) is 20.5. The van der Waals surface area contributed by atoms with Gasteiger partial charge < -0.3 is 26.8 Å². The van der Waals surface area contributed by atoms with Gasteiger partial charge in [0.25, 0.3) is 5.91 Å². The van der Waals surface area contributed by atoms with Crippen molar-refractivity contribution >= 4 is 17.9 Å². The number of aliphatic hydroxyl groups excluding tert-OH is 1. The maximum atomic E-state index is 13.8. The molecule has 1 saturated heterocycles. The summed E-state index contributed by atoms with van der Waals surface area (Å²) in [4.78, 5) is 32.9. The molecule has 3 amide bonds. The van der Waals surface area contributed by atoms with Gasteiger partial charge in [-0.15, -0.1) is 0 Å². The number of likely N-dealkylation sites (tertiary alicyclic amines) is 1. The highest BCUT2D eigenvalue weighted by atomic mass is 16.3. The molecule has 186 valence electrons. The molecule has 9 heteroatoms. The number of guanidine groups is 1. The predicted octanol–water partition coefficient (Wildman–Crippen LogP) is 2.10. The van der Waals surface area contributed by atoms with Crippen LogP contribution in [0.3, 0.4) is 0 Å². The highest BCUT2D eigenvalue weighted by molar-refractivity contribution is 5.96. The topological polar surface area (TPSA) is 137 Å². The quantitative estimate of drug-likeness (QED) is 0.249. The number of hydrogen-bond donors (Lipinski definition) is 4. The number of rotatable bonds is 9. The van der Waals surface area contributed by atoms with Gasteiger partial charge in [0, 0.05) is 37.8 Å². The van der Waals surface area contributed by atoms with Crippen molar-refractivity contribution in [3.05, 3.63) is 59.4 Å². The zero-order valence-electron chi connectivity index (χ0n) is 20.5. The van der Waals surface area contributed by atoms with E-state index in [-0.39, 0.29) is 30.4 Å². The highest BCUT2D eigenvalue weighted by Crippen LogP contribution is 2.22. The van der Waals surface area contributed by atoms with E-state index in [2.05, 4.69) is 16.9 Å². The summed E-state index contributed by atoms with van der Waals surface area (Å²) >= 11 is 0. The second kappa shape index (κ2) is 12.8. The van der Waals surface area contributed by atoms with Crippen molar-refractivity contribution in [3.63, 3.8) is 0 Å². The van der Waals surface area contributed by atoms with Crippen LogP contribution in [0.2, 0.25) is 0 Å². The lowest BCUT2D eigenvalue weighted by Gasteiger charge is -2.35. The molecule has 0 aromatic heterocycles. The van der Waals surface area contributed by atoms with Gasteiger partial charge in [-0.25, -0.2) is 4.79 Å². The molecule has 0 saturated carbocycles. The summed E-state index contributed by atoms with van der Waals surface area (Å²) in [6.07, 6.45) is 5.22. The molecule has 2 rings (SSSR count). The van der Waals surface area contributed by atoms with Crippen LogP contribution in [0.5, 0.6) is 0 Å².